The molecule has 4 heterocycles. The van der Waals surface area contributed by atoms with Gasteiger partial charge in [0.15, 0.2) is 11.5 Å². The smallest absolute Gasteiger partial charge is 0.275 e. The Labute approximate surface area is 161 Å². The highest BCUT2D eigenvalue weighted by molar-refractivity contribution is 6.02. The van der Waals surface area contributed by atoms with Crippen LogP contribution in [-0.2, 0) is 0 Å². The molecule has 0 spiro atoms. The van der Waals surface area contributed by atoms with Gasteiger partial charge in [0.25, 0.3) is 5.91 Å². The lowest BCUT2D eigenvalue weighted by molar-refractivity contribution is 0.102. The van der Waals surface area contributed by atoms with Gasteiger partial charge in [0.05, 0.1) is 23.8 Å². The first-order valence-corrected chi connectivity index (χ1v) is 9.60. The summed E-state index contributed by atoms with van der Waals surface area (Å²) in [5, 5.41) is 2.68. The molecule has 1 aliphatic carbocycles. The van der Waals surface area contributed by atoms with Crippen LogP contribution in [0.15, 0.2) is 30.9 Å². The van der Waals surface area contributed by atoms with E-state index in [2.05, 4.69) is 25.2 Å². The van der Waals surface area contributed by atoms with Crippen LogP contribution >= 0.6 is 0 Å². The number of anilines is 2. The van der Waals surface area contributed by atoms with Crippen molar-refractivity contribution in [3.8, 4) is 0 Å². The highest BCUT2D eigenvalue weighted by atomic mass is 19.1. The van der Waals surface area contributed by atoms with E-state index in [4.69, 9.17) is 0 Å². The molecule has 1 N–H and O–H groups in total. The Bertz CT molecular complexity index is 1040. The van der Waals surface area contributed by atoms with Crippen LogP contribution in [0.25, 0.3) is 5.65 Å². The number of rotatable bonds is 4. The second-order valence-electron chi connectivity index (χ2n) is 7.74. The number of hydrogen-bond donors (Lipinski definition) is 1. The Morgan fingerprint density at radius 2 is 2.04 bits per heavy atom. The van der Waals surface area contributed by atoms with E-state index < -0.39 is 11.7 Å². The van der Waals surface area contributed by atoms with Gasteiger partial charge in [0.2, 0.25) is 0 Å². The molecular weight excluding hydrogens is 359 g/mol. The fourth-order valence-electron chi connectivity index (χ4n) is 3.99. The van der Waals surface area contributed by atoms with Crippen molar-refractivity contribution in [2.45, 2.75) is 26.2 Å². The number of nitrogens with zero attached hydrogens (tertiary/aromatic N) is 5. The number of carbonyl (C=O) groups is 1. The summed E-state index contributed by atoms with van der Waals surface area (Å²) in [6.07, 6.45) is 10.4. The van der Waals surface area contributed by atoms with Crippen molar-refractivity contribution in [1.82, 2.24) is 19.4 Å². The van der Waals surface area contributed by atoms with E-state index >= 15 is 0 Å². The summed E-state index contributed by atoms with van der Waals surface area (Å²) in [6.45, 7) is 3.80. The Morgan fingerprint density at radius 3 is 2.79 bits per heavy atom. The number of hydrogen-bond acceptors (Lipinski definition) is 5. The lowest BCUT2D eigenvalue weighted by Gasteiger charge is -2.17. The molecule has 1 atom stereocenters. The summed E-state index contributed by atoms with van der Waals surface area (Å²) in [5.41, 5.74) is 1.47. The number of imidazole rings is 1. The maximum absolute atomic E-state index is 14.2. The standard InChI is InChI=1S/C20H21FN6O/c1-12-9-27-11-15(6-16(21)19(27)24-12)25-20(28)17-7-23-18(8-22-17)26-5-4-14(10-26)13-2-3-13/h6-9,11,13-14H,2-5,10H2,1H3,(H,25,28)/t14-/m0/s1. The normalized spacial score (nSPS) is 19.4. The van der Waals surface area contributed by atoms with E-state index in [0.29, 0.717) is 11.4 Å². The zero-order valence-electron chi connectivity index (χ0n) is 15.6. The second-order valence-corrected chi connectivity index (χ2v) is 7.74. The molecule has 3 aromatic rings. The molecule has 0 radical (unpaired) electrons. The van der Waals surface area contributed by atoms with Crippen molar-refractivity contribution in [2.75, 3.05) is 23.3 Å². The average Bonchev–Trinajstić information content (AvgIpc) is 3.28. The van der Waals surface area contributed by atoms with E-state index in [1.165, 1.54) is 31.5 Å². The highest BCUT2D eigenvalue weighted by Gasteiger charge is 2.36. The molecule has 5 rings (SSSR count). The van der Waals surface area contributed by atoms with E-state index in [9.17, 15) is 9.18 Å². The quantitative estimate of drug-likeness (QED) is 0.753. The number of halogens is 1. The minimum absolute atomic E-state index is 0.198. The molecule has 0 unspecified atom stereocenters. The number of amides is 1. The number of aromatic nitrogens is 4. The van der Waals surface area contributed by atoms with E-state index in [0.717, 1.165) is 30.7 Å². The predicted molar refractivity (Wildman–Crippen MR) is 103 cm³/mol. The van der Waals surface area contributed by atoms with Gasteiger partial charge in [-0.15, -0.1) is 0 Å². The largest absolute Gasteiger partial charge is 0.355 e. The van der Waals surface area contributed by atoms with Gasteiger partial charge < -0.3 is 14.6 Å². The van der Waals surface area contributed by atoms with Crippen molar-refractivity contribution < 1.29 is 9.18 Å². The lowest BCUT2D eigenvalue weighted by Crippen LogP contribution is -2.22. The first-order valence-electron chi connectivity index (χ1n) is 9.60. The summed E-state index contributed by atoms with van der Waals surface area (Å²) >= 11 is 0. The number of fused-ring (bicyclic) bond motifs is 1. The van der Waals surface area contributed by atoms with Gasteiger partial charge in [-0.1, -0.05) is 0 Å². The van der Waals surface area contributed by atoms with Crippen LogP contribution in [0.4, 0.5) is 15.9 Å². The number of aryl methyl sites for hydroxylation is 1. The topological polar surface area (TPSA) is 75.4 Å². The van der Waals surface area contributed by atoms with Gasteiger partial charge in [-0.25, -0.2) is 19.3 Å². The molecule has 1 amide bonds. The van der Waals surface area contributed by atoms with Gasteiger partial charge in [0, 0.05) is 31.5 Å². The molecule has 1 saturated carbocycles. The van der Waals surface area contributed by atoms with Crippen LogP contribution in [0.2, 0.25) is 0 Å². The molecule has 0 bridgehead atoms. The van der Waals surface area contributed by atoms with Crippen molar-refractivity contribution >= 4 is 23.1 Å². The van der Waals surface area contributed by atoms with Crippen LogP contribution < -0.4 is 10.2 Å². The van der Waals surface area contributed by atoms with E-state index in [1.54, 1.807) is 29.9 Å². The van der Waals surface area contributed by atoms with Gasteiger partial charge in [-0.3, -0.25) is 4.79 Å². The molecular formula is C20H21FN6O. The van der Waals surface area contributed by atoms with Gasteiger partial charge >= 0.3 is 0 Å². The summed E-state index contributed by atoms with van der Waals surface area (Å²) < 4.78 is 15.7. The summed E-state index contributed by atoms with van der Waals surface area (Å²) in [7, 11) is 0. The van der Waals surface area contributed by atoms with Crippen molar-refractivity contribution in [3.63, 3.8) is 0 Å². The predicted octanol–water partition coefficient (Wildman–Crippen LogP) is 3.06. The summed E-state index contributed by atoms with van der Waals surface area (Å²) in [5.74, 6) is 1.54. The fourth-order valence-corrected chi connectivity index (χ4v) is 3.99. The fraction of sp³-hybridized carbons (Fsp3) is 0.400. The van der Waals surface area contributed by atoms with Crippen LogP contribution in [0.3, 0.4) is 0 Å². The van der Waals surface area contributed by atoms with Crippen LogP contribution in [0.1, 0.15) is 35.4 Å². The zero-order valence-corrected chi connectivity index (χ0v) is 15.6. The van der Waals surface area contributed by atoms with Crippen LogP contribution in [0, 0.1) is 24.6 Å². The minimum atomic E-state index is -0.494. The average molecular weight is 380 g/mol. The van der Waals surface area contributed by atoms with Crippen LogP contribution in [-0.4, -0.2) is 38.3 Å². The monoisotopic (exact) mass is 380 g/mol. The Morgan fingerprint density at radius 1 is 1.18 bits per heavy atom. The molecule has 1 aliphatic heterocycles. The molecule has 1 saturated heterocycles. The summed E-state index contributed by atoms with van der Waals surface area (Å²) in [4.78, 5) is 27.5. The molecule has 8 heteroatoms. The van der Waals surface area contributed by atoms with Crippen molar-refractivity contribution in [3.05, 3.63) is 48.1 Å². The molecule has 2 aliphatic rings. The van der Waals surface area contributed by atoms with E-state index in [-0.39, 0.29) is 11.3 Å². The lowest BCUT2D eigenvalue weighted by atomic mass is 10.0. The van der Waals surface area contributed by atoms with Crippen LogP contribution in [0.5, 0.6) is 0 Å². The summed E-state index contributed by atoms with van der Waals surface area (Å²) in [6, 6.07) is 1.25. The molecule has 28 heavy (non-hydrogen) atoms. The number of pyridine rings is 1. The third kappa shape index (κ3) is 3.19. The van der Waals surface area contributed by atoms with E-state index in [1.807, 2.05) is 0 Å². The molecule has 2 fully saturated rings. The minimum Gasteiger partial charge on any atom is -0.355 e. The second kappa shape index (κ2) is 6.54. The Kier molecular flexibility index (Phi) is 3.99. The maximum Gasteiger partial charge on any atom is 0.275 e. The van der Waals surface area contributed by atoms with Gasteiger partial charge in [-0.2, -0.15) is 0 Å². The molecule has 3 aromatic heterocycles. The molecule has 7 nitrogen and oxygen atoms in total. The number of nitrogens with one attached hydrogen (secondary N) is 1. The molecule has 144 valence electrons. The van der Waals surface area contributed by atoms with Gasteiger partial charge in [0.1, 0.15) is 11.5 Å². The first-order chi connectivity index (χ1) is 13.6. The SMILES string of the molecule is Cc1cn2cc(NC(=O)c3cnc(N4CC[C@H](C5CC5)C4)cn3)cc(F)c2n1. The van der Waals surface area contributed by atoms with Gasteiger partial charge in [-0.05, 0) is 38.0 Å². The Balaban J connectivity index is 1.29. The molecule has 0 aromatic carbocycles. The third-order valence-electron chi connectivity index (χ3n) is 5.59. The Hall–Kier alpha value is -3.03. The highest BCUT2D eigenvalue weighted by Crippen LogP contribution is 2.41. The zero-order chi connectivity index (χ0) is 19.3. The van der Waals surface area contributed by atoms with Crippen molar-refractivity contribution in [1.29, 1.82) is 0 Å². The maximum atomic E-state index is 14.2. The first kappa shape index (κ1) is 17.1. The third-order valence-corrected chi connectivity index (χ3v) is 5.59. The van der Waals surface area contributed by atoms with Crippen molar-refractivity contribution in [2.24, 2.45) is 11.8 Å². The number of carbonyl (C=O) groups excluding carboxylic acids is 1.